The number of aromatic nitrogens is 3. The fourth-order valence-corrected chi connectivity index (χ4v) is 4.11. The molecule has 0 spiro atoms. The zero-order valence-electron chi connectivity index (χ0n) is 14.9. The van der Waals surface area contributed by atoms with Crippen LogP contribution in [0.2, 0.25) is 0 Å². The van der Waals surface area contributed by atoms with Crippen molar-refractivity contribution in [3.63, 3.8) is 0 Å². The zero-order chi connectivity index (χ0) is 19.6. The highest BCUT2D eigenvalue weighted by atomic mass is 32.2. The van der Waals surface area contributed by atoms with Crippen LogP contribution in [0.5, 0.6) is 0 Å². The maximum atomic E-state index is 12.5. The highest BCUT2D eigenvalue weighted by Crippen LogP contribution is 2.37. The molecule has 3 rings (SSSR count). The summed E-state index contributed by atoms with van der Waals surface area (Å²) in [6, 6.07) is 3.57. The molecule has 0 bridgehead atoms. The highest BCUT2D eigenvalue weighted by molar-refractivity contribution is 8.14. The van der Waals surface area contributed by atoms with Gasteiger partial charge >= 0.3 is 0 Å². The van der Waals surface area contributed by atoms with Gasteiger partial charge in [-0.3, -0.25) is 14.8 Å². The van der Waals surface area contributed by atoms with Crippen LogP contribution >= 0.6 is 11.8 Å². The molecule has 0 amide bonds. The second kappa shape index (κ2) is 7.67. The summed E-state index contributed by atoms with van der Waals surface area (Å²) in [5.74, 6) is -0.304. The number of halogens is 2. The third-order valence-corrected chi connectivity index (χ3v) is 5.19. The molecule has 2 aromatic rings. The Morgan fingerprint density at radius 1 is 1.37 bits per heavy atom. The van der Waals surface area contributed by atoms with E-state index >= 15 is 0 Å². The number of nitrogens with zero attached hydrogens (tertiary/aromatic N) is 4. The first kappa shape index (κ1) is 19.3. The Hall–Kier alpha value is -2.42. The van der Waals surface area contributed by atoms with Crippen LogP contribution < -0.4 is 5.73 Å². The van der Waals surface area contributed by atoms with Gasteiger partial charge in [-0.05, 0) is 31.0 Å². The fraction of sp³-hybridized carbons (Fsp3) is 0.389. The maximum absolute atomic E-state index is 12.5. The predicted octanol–water partition coefficient (Wildman–Crippen LogP) is 3.29. The topological polar surface area (TPSA) is 94.1 Å². The van der Waals surface area contributed by atoms with Crippen molar-refractivity contribution < 1.29 is 13.6 Å². The standard InChI is InChI=1S/C18H19F2N5OS/c1-10-7-18(2,25-17(21)27-10)15-6-11(3-4-22-15)5-14(26)12-8-24-13(9-23-12)16(19)20/h3-4,6,8-10,16H,5,7H2,1-2H3,(H2,21,25)/t10-,18+/m1/s1. The number of thioether (sulfide) groups is 1. The third kappa shape index (κ3) is 4.47. The van der Waals surface area contributed by atoms with Gasteiger partial charge in [-0.25, -0.2) is 18.8 Å². The molecule has 0 fully saturated rings. The lowest BCUT2D eigenvalue weighted by molar-refractivity contribution is 0.0986. The number of alkyl halides is 2. The largest absolute Gasteiger partial charge is 0.379 e. The monoisotopic (exact) mass is 391 g/mol. The van der Waals surface area contributed by atoms with Crippen LogP contribution in [0.25, 0.3) is 0 Å². The van der Waals surface area contributed by atoms with Gasteiger partial charge in [-0.2, -0.15) is 0 Å². The SMILES string of the molecule is C[C@@H]1C[C@@](C)(c2cc(CC(=O)c3cnc(C(F)F)cn3)ccn2)N=C(N)S1. The molecule has 3 heterocycles. The molecule has 9 heteroatoms. The van der Waals surface area contributed by atoms with Gasteiger partial charge < -0.3 is 5.73 Å². The Morgan fingerprint density at radius 3 is 2.78 bits per heavy atom. The van der Waals surface area contributed by atoms with Crippen LogP contribution in [0, 0.1) is 0 Å². The molecular formula is C18H19F2N5OS. The van der Waals surface area contributed by atoms with Gasteiger partial charge in [0, 0.05) is 17.9 Å². The first-order chi connectivity index (χ1) is 12.8. The Kier molecular flexibility index (Phi) is 5.50. The zero-order valence-corrected chi connectivity index (χ0v) is 15.7. The molecule has 2 aromatic heterocycles. The number of pyridine rings is 1. The molecule has 0 saturated heterocycles. The number of carbonyl (C=O) groups excluding carboxylic acids is 1. The molecule has 2 N–H and O–H groups in total. The minimum absolute atomic E-state index is 0.0499. The molecular weight excluding hydrogens is 372 g/mol. The van der Waals surface area contributed by atoms with Crippen LogP contribution in [0.15, 0.2) is 35.7 Å². The van der Waals surface area contributed by atoms with E-state index in [1.54, 1.807) is 12.3 Å². The van der Waals surface area contributed by atoms with Crippen molar-refractivity contribution in [3.8, 4) is 0 Å². The van der Waals surface area contributed by atoms with E-state index in [0.29, 0.717) is 10.4 Å². The summed E-state index contributed by atoms with van der Waals surface area (Å²) in [5.41, 5.74) is 6.46. The Labute approximate surface area is 159 Å². The quantitative estimate of drug-likeness (QED) is 0.786. The minimum Gasteiger partial charge on any atom is -0.379 e. The third-order valence-electron chi connectivity index (χ3n) is 4.29. The number of hydrogen-bond acceptors (Lipinski definition) is 7. The normalized spacial score (nSPS) is 22.6. The van der Waals surface area contributed by atoms with Crippen LogP contribution in [-0.2, 0) is 12.0 Å². The van der Waals surface area contributed by atoms with Crippen LogP contribution in [0.3, 0.4) is 0 Å². The van der Waals surface area contributed by atoms with Crippen molar-refractivity contribution in [2.24, 2.45) is 10.7 Å². The summed E-state index contributed by atoms with van der Waals surface area (Å²) < 4.78 is 25.1. The minimum atomic E-state index is -2.71. The summed E-state index contributed by atoms with van der Waals surface area (Å²) >= 11 is 1.53. The molecule has 6 nitrogen and oxygen atoms in total. The number of ketones is 1. The number of hydrogen-bond donors (Lipinski definition) is 1. The van der Waals surface area contributed by atoms with Gasteiger partial charge in [0.15, 0.2) is 11.0 Å². The number of aliphatic imine (C=N–C) groups is 1. The van der Waals surface area contributed by atoms with E-state index in [-0.39, 0.29) is 17.9 Å². The van der Waals surface area contributed by atoms with Crippen LogP contribution in [-0.4, -0.2) is 31.2 Å². The van der Waals surface area contributed by atoms with Crippen molar-refractivity contribution in [3.05, 3.63) is 53.4 Å². The lowest BCUT2D eigenvalue weighted by atomic mass is 9.90. The number of amidine groups is 1. The molecule has 1 aliphatic rings. The van der Waals surface area contributed by atoms with Crippen molar-refractivity contribution in [2.75, 3.05) is 0 Å². The van der Waals surface area contributed by atoms with E-state index in [4.69, 9.17) is 5.73 Å². The number of rotatable bonds is 5. The van der Waals surface area contributed by atoms with Gasteiger partial charge in [0.05, 0.1) is 18.1 Å². The highest BCUT2D eigenvalue weighted by Gasteiger charge is 2.34. The van der Waals surface area contributed by atoms with Gasteiger partial charge in [-0.15, -0.1) is 0 Å². The molecule has 0 unspecified atom stereocenters. The van der Waals surface area contributed by atoms with Crippen LogP contribution in [0.1, 0.15) is 54.1 Å². The van der Waals surface area contributed by atoms with Crippen molar-refractivity contribution in [1.82, 2.24) is 15.0 Å². The summed E-state index contributed by atoms with van der Waals surface area (Å²) in [6.07, 6.45) is 1.77. The second-order valence-corrected chi connectivity index (χ2v) is 8.09. The predicted molar refractivity (Wildman–Crippen MR) is 99.9 cm³/mol. The number of Topliss-reactive ketones (excluding diaryl/α,β-unsaturated/α-hetero) is 1. The maximum Gasteiger partial charge on any atom is 0.281 e. The van der Waals surface area contributed by atoms with E-state index in [2.05, 4.69) is 26.9 Å². The van der Waals surface area contributed by atoms with E-state index < -0.39 is 17.7 Å². The molecule has 0 aromatic carbocycles. The van der Waals surface area contributed by atoms with Gasteiger partial charge in [-0.1, -0.05) is 18.7 Å². The smallest absolute Gasteiger partial charge is 0.281 e. The summed E-state index contributed by atoms with van der Waals surface area (Å²) in [4.78, 5) is 28.8. The molecule has 0 radical (unpaired) electrons. The molecule has 1 aliphatic heterocycles. The van der Waals surface area contributed by atoms with Gasteiger partial charge in [0.2, 0.25) is 0 Å². The van der Waals surface area contributed by atoms with Crippen molar-refractivity contribution in [1.29, 1.82) is 0 Å². The molecule has 27 heavy (non-hydrogen) atoms. The lowest BCUT2D eigenvalue weighted by Gasteiger charge is -2.32. The Morgan fingerprint density at radius 2 is 2.15 bits per heavy atom. The molecule has 142 valence electrons. The first-order valence-electron chi connectivity index (χ1n) is 8.37. The van der Waals surface area contributed by atoms with Gasteiger partial charge in [0.25, 0.3) is 6.43 Å². The van der Waals surface area contributed by atoms with Gasteiger partial charge in [0.1, 0.15) is 16.9 Å². The number of carbonyl (C=O) groups is 1. The van der Waals surface area contributed by atoms with E-state index in [0.717, 1.165) is 30.1 Å². The molecule has 2 atom stereocenters. The van der Waals surface area contributed by atoms with Crippen molar-refractivity contribution in [2.45, 2.75) is 43.9 Å². The lowest BCUT2D eigenvalue weighted by Crippen LogP contribution is -2.33. The van der Waals surface area contributed by atoms with Crippen molar-refractivity contribution >= 4 is 22.7 Å². The second-order valence-electron chi connectivity index (χ2n) is 6.63. The van der Waals surface area contributed by atoms with E-state index in [1.807, 2.05) is 13.0 Å². The first-order valence-corrected chi connectivity index (χ1v) is 9.25. The summed E-state index contributed by atoms with van der Waals surface area (Å²) in [6.45, 7) is 4.05. The van der Waals surface area contributed by atoms with Crippen LogP contribution in [0.4, 0.5) is 8.78 Å². The Balaban J connectivity index is 1.80. The molecule has 0 aliphatic carbocycles. The fourth-order valence-electron chi connectivity index (χ4n) is 3.03. The van der Waals surface area contributed by atoms with E-state index in [1.165, 1.54) is 11.8 Å². The average molecular weight is 391 g/mol. The summed E-state index contributed by atoms with van der Waals surface area (Å²) in [7, 11) is 0. The molecule has 0 saturated carbocycles. The van der Waals surface area contributed by atoms with E-state index in [9.17, 15) is 13.6 Å². The number of nitrogens with two attached hydrogens (primary N) is 1. The Bertz CT molecular complexity index is 874. The average Bonchev–Trinajstić information content (AvgIpc) is 2.61. The summed E-state index contributed by atoms with van der Waals surface area (Å²) in [5, 5.41) is 0.831.